The maximum Gasteiger partial charge on any atom is 0.157 e. The number of hydrogen-bond acceptors (Lipinski definition) is 4. The molecule has 1 aromatic rings. The molecule has 2 rings (SSSR count). The Morgan fingerprint density at radius 3 is 2.60 bits per heavy atom. The first-order chi connectivity index (χ1) is 9.63. The summed E-state index contributed by atoms with van der Waals surface area (Å²) < 4.78 is 5.94. The Hall–Kier alpha value is -1.00. The van der Waals surface area contributed by atoms with Crippen molar-refractivity contribution >= 4 is 0 Å². The Bertz CT molecular complexity index is 428. The molecule has 1 aliphatic rings. The number of ether oxygens (including phenoxy) is 1. The second-order valence-corrected chi connectivity index (χ2v) is 5.72. The van der Waals surface area contributed by atoms with E-state index in [9.17, 15) is 5.11 Å². The molecule has 1 fully saturated rings. The third-order valence-corrected chi connectivity index (χ3v) is 4.16. The second kappa shape index (κ2) is 7.14. The summed E-state index contributed by atoms with van der Waals surface area (Å²) in [5, 5.41) is 9.67. The fraction of sp³-hybridized carbons (Fsp3) is 0.750. The van der Waals surface area contributed by atoms with E-state index >= 15 is 0 Å². The highest BCUT2D eigenvalue weighted by Crippen LogP contribution is 2.35. The summed E-state index contributed by atoms with van der Waals surface area (Å²) in [7, 11) is 0. The van der Waals surface area contributed by atoms with Crippen LogP contribution in [-0.2, 0) is 4.74 Å². The molecule has 0 spiro atoms. The molecule has 4 heteroatoms. The van der Waals surface area contributed by atoms with Gasteiger partial charge in [-0.25, -0.2) is 9.97 Å². The molecule has 2 atom stereocenters. The maximum atomic E-state index is 9.67. The summed E-state index contributed by atoms with van der Waals surface area (Å²) in [5.41, 5.74) is 1.65. The number of aryl methyl sites for hydroxylation is 1. The molecule has 0 bridgehead atoms. The van der Waals surface area contributed by atoms with E-state index in [1.807, 2.05) is 13.8 Å². The molecule has 2 unspecified atom stereocenters. The number of rotatable bonds is 5. The van der Waals surface area contributed by atoms with Gasteiger partial charge < -0.3 is 9.84 Å². The van der Waals surface area contributed by atoms with Gasteiger partial charge in [0.25, 0.3) is 0 Å². The highest BCUT2D eigenvalue weighted by molar-refractivity contribution is 5.19. The van der Waals surface area contributed by atoms with Crippen LogP contribution >= 0.6 is 0 Å². The molecule has 1 saturated carbocycles. The molecule has 0 aliphatic heterocycles. The quantitative estimate of drug-likeness (QED) is 0.895. The summed E-state index contributed by atoms with van der Waals surface area (Å²) in [6.07, 6.45) is 7.51. The summed E-state index contributed by atoms with van der Waals surface area (Å²) in [6, 6.07) is 0. The van der Waals surface area contributed by atoms with E-state index in [1.54, 1.807) is 13.1 Å². The SMILES string of the molecule is CCOC(c1ncc(C(C)O)c(C)n1)C1CCCCC1. The van der Waals surface area contributed by atoms with Gasteiger partial charge in [0.2, 0.25) is 0 Å². The number of aromatic nitrogens is 2. The smallest absolute Gasteiger partial charge is 0.157 e. The van der Waals surface area contributed by atoms with Crippen LogP contribution in [0.3, 0.4) is 0 Å². The van der Waals surface area contributed by atoms with Gasteiger partial charge in [0, 0.05) is 24.1 Å². The van der Waals surface area contributed by atoms with Gasteiger partial charge in [-0.1, -0.05) is 19.3 Å². The zero-order valence-corrected chi connectivity index (χ0v) is 12.8. The average molecular weight is 278 g/mol. The van der Waals surface area contributed by atoms with Gasteiger partial charge in [-0.05, 0) is 39.5 Å². The van der Waals surface area contributed by atoms with Gasteiger partial charge in [-0.2, -0.15) is 0 Å². The number of aliphatic hydroxyl groups excluding tert-OH is 1. The normalized spacial score (nSPS) is 19.8. The molecule has 112 valence electrons. The van der Waals surface area contributed by atoms with Crippen molar-refractivity contribution in [3.8, 4) is 0 Å². The van der Waals surface area contributed by atoms with Gasteiger partial charge in [0.05, 0.1) is 6.10 Å². The molecule has 1 N–H and O–H groups in total. The lowest BCUT2D eigenvalue weighted by molar-refractivity contribution is -0.000404. The molecular weight excluding hydrogens is 252 g/mol. The van der Waals surface area contributed by atoms with E-state index in [4.69, 9.17) is 4.74 Å². The van der Waals surface area contributed by atoms with Crippen LogP contribution in [0.4, 0.5) is 0 Å². The van der Waals surface area contributed by atoms with Crippen molar-refractivity contribution in [3.63, 3.8) is 0 Å². The summed E-state index contributed by atoms with van der Waals surface area (Å²) in [5.74, 6) is 1.31. The molecule has 1 aromatic heterocycles. The zero-order chi connectivity index (χ0) is 14.5. The highest BCUT2D eigenvalue weighted by atomic mass is 16.5. The van der Waals surface area contributed by atoms with E-state index in [0.717, 1.165) is 17.1 Å². The molecule has 0 aromatic carbocycles. The van der Waals surface area contributed by atoms with Crippen LogP contribution in [0.2, 0.25) is 0 Å². The van der Waals surface area contributed by atoms with E-state index in [1.165, 1.54) is 32.1 Å². The van der Waals surface area contributed by atoms with Gasteiger partial charge in [-0.3, -0.25) is 0 Å². The minimum Gasteiger partial charge on any atom is -0.389 e. The largest absolute Gasteiger partial charge is 0.389 e. The third-order valence-electron chi connectivity index (χ3n) is 4.16. The van der Waals surface area contributed by atoms with Crippen LogP contribution in [-0.4, -0.2) is 21.7 Å². The standard InChI is InChI=1S/C16H26N2O2/c1-4-20-15(13-8-6-5-7-9-13)16-17-10-14(12(3)19)11(2)18-16/h10,12-13,15,19H,4-9H2,1-3H3. The summed E-state index contributed by atoms with van der Waals surface area (Å²) >= 11 is 0. The lowest BCUT2D eigenvalue weighted by Gasteiger charge is -2.29. The first-order valence-electron chi connectivity index (χ1n) is 7.76. The van der Waals surface area contributed by atoms with Crippen molar-refractivity contribution in [1.82, 2.24) is 9.97 Å². The average Bonchev–Trinajstić information content (AvgIpc) is 2.45. The predicted molar refractivity (Wildman–Crippen MR) is 78.3 cm³/mol. The topological polar surface area (TPSA) is 55.2 Å². The van der Waals surface area contributed by atoms with Crippen molar-refractivity contribution in [2.45, 2.75) is 65.1 Å². The number of aliphatic hydroxyl groups is 1. The fourth-order valence-corrected chi connectivity index (χ4v) is 3.08. The first kappa shape index (κ1) is 15.4. The molecule has 0 radical (unpaired) electrons. The Morgan fingerprint density at radius 2 is 2.05 bits per heavy atom. The Morgan fingerprint density at radius 1 is 1.35 bits per heavy atom. The van der Waals surface area contributed by atoms with Crippen molar-refractivity contribution in [2.75, 3.05) is 6.61 Å². The van der Waals surface area contributed by atoms with E-state index in [0.29, 0.717) is 12.5 Å². The van der Waals surface area contributed by atoms with Crippen molar-refractivity contribution < 1.29 is 9.84 Å². The van der Waals surface area contributed by atoms with Crippen LogP contribution in [0.25, 0.3) is 0 Å². The van der Waals surface area contributed by atoms with Crippen LogP contribution in [0, 0.1) is 12.8 Å². The molecule has 0 amide bonds. The van der Waals surface area contributed by atoms with Gasteiger partial charge >= 0.3 is 0 Å². The molecular formula is C16H26N2O2. The van der Waals surface area contributed by atoms with Gasteiger partial charge in [0.15, 0.2) is 5.82 Å². The number of nitrogens with zero attached hydrogens (tertiary/aromatic N) is 2. The predicted octanol–water partition coefficient (Wildman–Crippen LogP) is 3.50. The van der Waals surface area contributed by atoms with Crippen molar-refractivity contribution in [3.05, 3.63) is 23.3 Å². The molecule has 1 heterocycles. The van der Waals surface area contributed by atoms with Crippen LogP contribution in [0.5, 0.6) is 0 Å². The fourth-order valence-electron chi connectivity index (χ4n) is 3.08. The Labute approximate surface area is 121 Å². The van der Waals surface area contributed by atoms with E-state index in [2.05, 4.69) is 9.97 Å². The Balaban J connectivity index is 2.22. The first-order valence-corrected chi connectivity index (χ1v) is 7.76. The molecule has 4 nitrogen and oxygen atoms in total. The number of hydrogen-bond donors (Lipinski definition) is 1. The van der Waals surface area contributed by atoms with Crippen molar-refractivity contribution in [1.29, 1.82) is 0 Å². The van der Waals surface area contributed by atoms with Gasteiger partial charge in [-0.15, -0.1) is 0 Å². The van der Waals surface area contributed by atoms with Crippen LogP contribution in [0.15, 0.2) is 6.20 Å². The molecule has 20 heavy (non-hydrogen) atoms. The highest BCUT2D eigenvalue weighted by Gasteiger charge is 2.28. The van der Waals surface area contributed by atoms with Crippen molar-refractivity contribution in [2.24, 2.45) is 5.92 Å². The third kappa shape index (κ3) is 3.55. The maximum absolute atomic E-state index is 9.67. The monoisotopic (exact) mass is 278 g/mol. The Kier molecular flexibility index (Phi) is 5.49. The van der Waals surface area contributed by atoms with E-state index in [-0.39, 0.29) is 6.10 Å². The summed E-state index contributed by atoms with van der Waals surface area (Å²) in [6.45, 7) is 6.37. The molecule has 0 saturated heterocycles. The van der Waals surface area contributed by atoms with Crippen LogP contribution in [0.1, 0.15) is 75.2 Å². The lowest BCUT2D eigenvalue weighted by atomic mass is 9.85. The minimum atomic E-state index is -0.524. The van der Waals surface area contributed by atoms with Crippen LogP contribution < -0.4 is 0 Å². The lowest BCUT2D eigenvalue weighted by Crippen LogP contribution is -2.22. The second-order valence-electron chi connectivity index (χ2n) is 5.72. The molecule has 1 aliphatic carbocycles. The van der Waals surface area contributed by atoms with Gasteiger partial charge in [0.1, 0.15) is 6.10 Å². The van der Waals surface area contributed by atoms with E-state index < -0.39 is 6.10 Å². The summed E-state index contributed by atoms with van der Waals surface area (Å²) in [4.78, 5) is 9.05. The zero-order valence-electron chi connectivity index (χ0n) is 12.8. The minimum absolute atomic E-state index is 0.00190.